The highest BCUT2D eigenvalue weighted by Gasteiger charge is 2.23. The summed E-state index contributed by atoms with van der Waals surface area (Å²) in [4.78, 5) is 16.8. The van der Waals surface area contributed by atoms with E-state index in [1.165, 1.54) is 0 Å². The predicted molar refractivity (Wildman–Crippen MR) is 69.2 cm³/mol. The first kappa shape index (κ1) is 13.0. The Hall–Kier alpha value is -0.450. The Balaban J connectivity index is 1.66. The van der Waals surface area contributed by atoms with E-state index < -0.39 is 0 Å². The topological polar surface area (TPSA) is 35.6 Å². The summed E-state index contributed by atoms with van der Waals surface area (Å²) in [6.45, 7) is 7.48. The van der Waals surface area contributed by atoms with Crippen LogP contribution in [0.4, 0.5) is 0 Å². The number of piperazine rings is 1. The third kappa shape index (κ3) is 4.05. The summed E-state index contributed by atoms with van der Waals surface area (Å²) >= 11 is 0. The number of nitrogens with zero attached hydrogens (tertiary/aromatic N) is 2. The van der Waals surface area contributed by atoms with Crippen molar-refractivity contribution in [1.82, 2.24) is 15.1 Å². The van der Waals surface area contributed by atoms with Crippen LogP contribution < -0.4 is 5.32 Å². The van der Waals surface area contributed by atoms with Gasteiger partial charge in [0.2, 0.25) is 0 Å². The monoisotopic (exact) mass is 239 g/mol. The van der Waals surface area contributed by atoms with E-state index in [9.17, 15) is 4.79 Å². The second-order valence-corrected chi connectivity index (χ2v) is 5.39. The van der Waals surface area contributed by atoms with Gasteiger partial charge in [0.15, 0.2) is 0 Å². The van der Waals surface area contributed by atoms with Gasteiger partial charge in [-0.3, -0.25) is 4.79 Å². The van der Waals surface area contributed by atoms with E-state index in [1.54, 1.807) is 0 Å². The minimum absolute atomic E-state index is 0.342. The Morgan fingerprint density at radius 3 is 2.47 bits per heavy atom. The first-order valence-corrected chi connectivity index (χ1v) is 6.90. The molecule has 4 nitrogen and oxygen atoms in total. The lowest BCUT2D eigenvalue weighted by atomic mass is 9.91. The molecule has 0 spiro atoms. The zero-order valence-corrected chi connectivity index (χ0v) is 11.0. The van der Waals surface area contributed by atoms with Gasteiger partial charge in [-0.05, 0) is 33.0 Å². The Labute approximate surface area is 104 Å². The second kappa shape index (κ2) is 6.47. The number of rotatable bonds is 4. The van der Waals surface area contributed by atoms with Crippen LogP contribution >= 0.6 is 0 Å². The van der Waals surface area contributed by atoms with Crippen molar-refractivity contribution >= 4 is 5.78 Å². The molecule has 2 aliphatic heterocycles. The summed E-state index contributed by atoms with van der Waals surface area (Å²) < 4.78 is 0. The van der Waals surface area contributed by atoms with Crippen molar-refractivity contribution in [3.05, 3.63) is 0 Å². The zero-order chi connectivity index (χ0) is 12.1. The van der Waals surface area contributed by atoms with Gasteiger partial charge in [0.25, 0.3) is 0 Å². The lowest BCUT2D eigenvalue weighted by molar-refractivity contribution is -0.124. The molecule has 2 heterocycles. The predicted octanol–water partition coefficient (Wildman–Crippen LogP) is 0.193. The Morgan fingerprint density at radius 2 is 1.82 bits per heavy atom. The highest BCUT2D eigenvalue weighted by atomic mass is 16.1. The molecule has 0 aromatic carbocycles. The number of hydrogen-bond acceptors (Lipinski definition) is 4. The first-order valence-electron chi connectivity index (χ1n) is 6.90. The van der Waals surface area contributed by atoms with Crippen molar-refractivity contribution in [2.75, 3.05) is 52.9 Å². The summed E-state index contributed by atoms with van der Waals surface area (Å²) in [6.07, 6.45) is 2.89. The smallest absolute Gasteiger partial charge is 0.137 e. The average Bonchev–Trinajstić information content (AvgIpc) is 2.38. The standard InChI is InChI=1S/C13H25N3O/c1-15-7-2-12(3-8-15)13(17)4-9-16-10-5-14-6-11-16/h12,14H,2-11H2,1H3. The molecule has 2 fully saturated rings. The number of hydrogen-bond donors (Lipinski definition) is 1. The highest BCUT2D eigenvalue weighted by Crippen LogP contribution is 2.18. The average molecular weight is 239 g/mol. The van der Waals surface area contributed by atoms with Gasteiger partial charge in [-0.1, -0.05) is 0 Å². The number of piperidine rings is 1. The van der Waals surface area contributed by atoms with Gasteiger partial charge in [0.1, 0.15) is 5.78 Å². The van der Waals surface area contributed by atoms with E-state index in [1.807, 2.05) is 0 Å². The lowest BCUT2D eigenvalue weighted by Gasteiger charge is -2.30. The van der Waals surface area contributed by atoms with E-state index in [-0.39, 0.29) is 0 Å². The number of likely N-dealkylation sites (tertiary alicyclic amines) is 1. The fraction of sp³-hybridized carbons (Fsp3) is 0.923. The minimum atomic E-state index is 0.342. The van der Waals surface area contributed by atoms with Gasteiger partial charge in [-0.15, -0.1) is 0 Å². The van der Waals surface area contributed by atoms with Crippen LogP contribution in [0.5, 0.6) is 0 Å². The van der Waals surface area contributed by atoms with E-state index in [0.717, 1.165) is 65.1 Å². The maximum Gasteiger partial charge on any atom is 0.137 e. The van der Waals surface area contributed by atoms with Crippen LogP contribution in [-0.2, 0) is 4.79 Å². The largest absolute Gasteiger partial charge is 0.314 e. The molecule has 0 unspecified atom stereocenters. The lowest BCUT2D eigenvalue weighted by Crippen LogP contribution is -2.44. The Bertz CT molecular complexity index is 243. The maximum atomic E-state index is 12.1. The van der Waals surface area contributed by atoms with Gasteiger partial charge in [0.05, 0.1) is 0 Å². The molecule has 1 N–H and O–H groups in total. The van der Waals surface area contributed by atoms with Crippen LogP contribution in [0.2, 0.25) is 0 Å². The molecular formula is C13H25N3O. The van der Waals surface area contributed by atoms with Crippen LogP contribution in [0.25, 0.3) is 0 Å². The molecule has 0 aromatic rings. The van der Waals surface area contributed by atoms with E-state index in [4.69, 9.17) is 0 Å². The van der Waals surface area contributed by atoms with Gasteiger partial charge in [-0.25, -0.2) is 0 Å². The third-order valence-corrected chi connectivity index (χ3v) is 4.06. The molecule has 0 amide bonds. The molecule has 0 aromatic heterocycles. The summed E-state index contributed by atoms with van der Waals surface area (Å²) in [5, 5.41) is 3.34. The van der Waals surface area contributed by atoms with E-state index >= 15 is 0 Å². The van der Waals surface area contributed by atoms with E-state index in [0.29, 0.717) is 11.7 Å². The summed E-state index contributed by atoms with van der Waals surface area (Å²) in [5.41, 5.74) is 0. The first-order chi connectivity index (χ1) is 8.25. The quantitative estimate of drug-likeness (QED) is 0.760. The van der Waals surface area contributed by atoms with Gasteiger partial charge >= 0.3 is 0 Å². The number of ketones is 1. The molecule has 17 heavy (non-hydrogen) atoms. The molecule has 0 atom stereocenters. The number of nitrogens with one attached hydrogen (secondary N) is 1. The maximum absolute atomic E-state index is 12.1. The van der Waals surface area contributed by atoms with Gasteiger partial charge in [0, 0.05) is 45.1 Å². The van der Waals surface area contributed by atoms with Crippen molar-refractivity contribution in [2.45, 2.75) is 19.3 Å². The molecule has 0 radical (unpaired) electrons. The van der Waals surface area contributed by atoms with Crippen LogP contribution in [0, 0.1) is 5.92 Å². The molecule has 2 saturated heterocycles. The summed E-state index contributed by atoms with van der Waals surface area (Å²) in [5.74, 6) is 0.839. The Kier molecular flexibility index (Phi) is 4.95. The molecule has 98 valence electrons. The van der Waals surface area contributed by atoms with Crippen LogP contribution in [0.15, 0.2) is 0 Å². The number of carbonyl (C=O) groups excluding carboxylic acids is 1. The minimum Gasteiger partial charge on any atom is -0.314 e. The van der Waals surface area contributed by atoms with Crippen molar-refractivity contribution in [3.8, 4) is 0 Å². The third-order valence-electron chi connectivity index (χ3n) is 4.06. The zero-order valence-electron chi connectivity index (χ0n) is 11.0. The summed E-state index contributed by atoms with van der Waals surface area (Å²) in [6, 6.07) is 0. The normalized spacial score (nSPS) is 25.0. The van der Waals surface area contributed by atoms with Crippen LogP contribution in [0.1, 0.15) is 19.3 Å². The van der Waals surface area contributed by atoms with E-state index in [2.05, 4.69) is 22.2 Å². The van der Waals surface area contributed by atoms with Crippen molar-refractivity contribution < 1.29 is 4.79 Å². The van der Waals surface area contributed by atoms with Crippen molar-refractivity contribution in [3.63, 3.8) is 0 Å². The van der Waals surface area contributed by atoms with Crippen LogP contribution in [-0.4, -0.2) is 68.4 Å². The second-order valence-electron chi connectivity index (χ2n) is 5.39. The van der Waals surface area contributed by atoms with Gasteiger partial charge < -0.3 is 15.1 Å². The fourth-order valence-electron chi connectivity index (χ4n) is 2.74. The molecule has 2 aliphatic rings. The molecule has 4 heteroatoms. The van der Waals surface area contributed by atoms with Gasteiger partial charge in [-0.2, -0.15) is 0 Å². The number of carbonyl (C=O) groups is 1. The van der Waals surface area contributed by atoms with Crippen molar-refractivity contribution in [2.24, 2.45) is 5.92 Å². The Morgan fingerprint density at radius 1 is 1.18 bits per heavy atom. The summed E-state index contributed by atoms with van der Waals surface area (Å²) in [7, 11) is 2.14. The fourth-order valence-corrected chi connectivity index (χ4v) is 2.74. The molecular weight excluding hydrogens is 214 g/mol. The molecule has 0 bridgehead atoms. The molecule has 0 saturated carbocycles. The molecule has 0 aliphatic carbocycles. The molecule has 2 rings (SSSR count). The van der Waals surface area contributed by atoms with Crippen molar-refractivity contribution in [1.29, 1.82) is 0 Å². The SMILES string of the molecule is CN1CCC(C(=O)CCN2CCNCC2)CC1. The number of Topliss-reactive ketones (excluding diaryl/α,β-unsaturated/α-hetero) is 1. The highest BCUT2D eigenvalue weighted by molar-refractivity contribution is 5.81. The van der Waals surface area contributed by atoms with Crippen LogP contribution in [0.3, 0.4) is 0 Å².